The molecule has 0 radical (unpaired) electrons. The molecule has 0 unspecified atom stereocenters. The van der Waals surface area contributed by atoms with Crippen molar-refractivity contribution < 1.29 is 28.4 Å². The van der Waals surface area contributed by atoms with Gasteiger partial charge in [-0.25, -0.2) is 0 Å². The molecule has 0 heterocycles. The Morgan fingerprint density at radius 2 is 0.258 bits per heavy atom. The van der Waals surface area contributed by atoms with Crippen molar-refractivity contribution >= 4 is 0 Å². The van der Waals surface area contributed by atoms with Crippen molar-refractivity contribution in [2.24, 2.45) is 0 Å². The Hall–Kier alpha value is -9.30. The number of ether oxygens (including phenoxy) is 6. The molecule has 6 nitrogen and oxygen atoms in total. The third-order valence-electron chi connectivity index (χ3n) is 25.2. The molecule has 7 aromatic carbocycles. The van der Waals surface area contributed by atoms with E-state index in [2.05, 4.69) is 222 Å². The minimum Gasteiger partial charge on any atom is -0.490 e. The van der Waals surface area contributed by atoms with Crippen LogP contribution in [0.25, 0.3) is 0 Å². The van der Waals surface area contributed by atoms with E-state index in [1.807, 2.05) is 36.4 Å². The van der Waals surface area contributed by atoms with Gasteiger partial charge < -0.3 is 28.4 Å². The molecule has 0 aliphatic heterocycles. The SMILES string of the molecule is CCCCCCCCCCCCOc1cc(C#Cc2ccccc2)c(C#Cc2ccc(C#Cc3cc(OCCCCCCCCCCCC)c(OCCCCCCCCCCCC)cc3C#Cc3ccc(C#Cc4cc(OCCCCCCCCCCCC)c(OCCCCCCCCCCCC)cc4C#Cc4ccccc4)cc3)cc2)cc1OCCCCCCCCCCCC. The van der Waals surface area contributed by atoms with Gasteiger partial charge in [0.05, 0.1) is 39.6 Å². The Balaban J connectivity index is 1.20. The van der Waals surface area contributed by atoms with Crippen LogP contribution < -0.4 is 28.4 Å². The Kier molecular flexibility index (Phi) is 63.2. The Bertz CT molecular complexity index is 4230. The van der Waals surface area contributed by atoms with Gasteiger partial charge in [0.25, 0.3) is 0 Å². The number of hydrogen-bond donors (Lipinski definition) is 0. The van der Waals surface area contributed by atoms with E-state index in [1.165, 1.54) is 308 Å². The molecule has 0 spiro atoms. The first-order chi connectivity index (χ1) is 65.4. The van der Waals surface area contributed by atoms with Gasteiger partial charge in [-0.1, -0.05) is 496 Å². The molecule has 7 aromatic rings. The van der Waals surface area contributed by atoms with Crippen LogP contribution in [-0.4, -0.2) is 39.6 Å². The average Bonchev–Trinajstić information content (AvgIpc) is 0.829. The minimum absolute atomic E-state index is 0.600. The molecule has 0 aliphatic carbocycles. The van der Waals surface area contributed by atoms with Gasteiger partial charge in [-0.15, -0.1) is 0 Å². The molecule has 0 aliphatic rings. The topological polar surface area (TPSA) is 55.4 Å². The summed E-state index contributed by atoms with van der Waals surface area (Å²) in [7, 11) is 0. The van der Waals surface area contributed by atoms with Gasteiger partial charge in [-0.2, -0.15) is 0 Å². The van der Waals surface area contributed by atoms with Crippen molar-refractivity contribution in [3.63, 3.8) is 0 Å². The summed E-state index contributed by atoms with van der Waals surface area (Å²) in [6.07, 6.45) is 75.8. The highest BCUT2D eigenvalue weighted by Crippen LogP contribution is 2.36. The second-order valence-electron chi connectivity index (χ2n) is 37.1. The molecule has 132 heavy (non-hydrogen) atoms. The highest BCUT2D eigenvalue weighted by molar-refractivity contribution is 5.65. The monoisotopic (exact) mass is 1780 g/mol. The van der Waals surface area contributed by atoms with Crippen LogP contribution in [0.15, 0.2) is 146 Å². The lowest BCUT2D eigenvalue weighted by Crippen LogP contribution is -2.04. The molecule has 0 aromatic heterocycles. The summed E-state index contributed by atoms with van der Waals surface area (Å²) in [5, 5.41) is 0. The third kappa shape index (κ3) is 51.8. The molecule has 7 rings (SSSR count). The smallest absolute Gasteiger partial charge is 0.162 e. The molecule has 0 atom stereocenters. The van der Waals surface area contributed by atoms with E-state index >= 15 is 0 Å². The molecule has 714 valence electrons. The molecule has 0 amide bonds. The first-order valence-electron chi connectivity index (χ1n) is 54.1. The number of unbranched alkanes of at least 4 members (excludes halogenated alkanes) is 54. The van der Waals surface area contributed by atoms with Gasteiger partial charge in [-0.3, -0.25) is 0 Å². The second kappa shape index (κ2) is 76.0. The maximum Gasteiger partial charge on any atom is 0.162 e. The third-order valence-corrected chi connectivity index (χ3v) is 25.2. The second-order valence-corrected chi connectivity index (χ2v) is 37.1. The van der Waals surface area contributed by atoms with E-state index in [0.29, 0.717) is 51.1 Å². The number of benzene rings is 7. The van der Waals surface area contributed by atoms with Gasteiger partial charge in [0, 0.05) is 103 Å². The fourth-order valence-electron chi connectivity index (χ4n) is 16.8. The van der Waals surface area contributed by atoms with Crippen molar-refractivity contribution in [2.75, 3.05) is 39.6 Å². The predicted molar refractivity (Wildman–Crippen MR) is 565 cm³/mol. The average molecular weight is 1780 g/mol. The van der Waals surface area contributed by atoms with Crippen molar-refractivity contribution in [3.8, 4) is 106 Å². The van der Waals surface area contributed by atoms with Gasteiger partial charge in [-0.05, 0) is 111 Å². The van der Waals surface area contributed by atoms with Crippen molar-refractivity contribution in [2.45, 2.75) is 427 Å². The molecule has 0 saturated carbocycles. The molecular formula is C126H174O6. The number of rotatable bonds is 72. The lowest BCUT2D eigenvalue weighted by Gasteiger charge is -2.15. The molecular weight excluding hydrogens is 1610 g/mol. The molecule has 0 fully saturated rings. The van der Waals surface area contributed by atoms with Gasteiger partial charge in [0.1, 0.15) is 0 Å². The highest BCUT2D eigenvalue weighted by atomic mass is 16.5. The zero-order valence-electron chi connectivity index (χ0n) is 84.0. The fraction of sp³-hybridized carbons (Fsp3) is 0.571. The Morgan fingerprint density at radius 3 is 0.394 bits per heavy atom. The van der Waals surface area contributed by atoms with E-state index in [0.717, 1.165) is 167 Å². The predicted octanol–water partition coefficient (Wildman–Crippen LogP) is 35.9. The minimum atomic E-state index is 0.600. The van der Waals surface area contributed by atoms with Crippen LogP contribution in [0.4, 0.5) is 0 Å². The summed E-state index contributed by atoms with van der Waals surface area (Å²) in [6.45, 7) is 17.4. The zero-order chi connectivity index (χ0) is 92.8. The van der Waals surface area contributed by atoms with Gasteiger partial charge >= 0.3 is 0 Å². The zero-order valence-corrected chi connectivity index (χ0v) is 84.0. The van der Waals surface area contributed by atoms with Crippen LogP contribution in [0.3, 0.4) is 0 Å². The van der Waals surface area contributed by atoms with Crippen LogP contribution in [-0.2, 0) is 0 Å². The van der Waals surface area contributed by atoms with Crippen LogP contribution >= 0.6 is 0 Å². The quantitative estimate of drug-likeness (QED) is 0.0280. The van der Waals surface area contributed by atoms with Crippen LogP contribution in [0.1, 0.15) is 494 Å². The Labute approximate surface area is 807 Å². The van der Waals surface area contributed by atoms with Gasteiger partial charge in [0.2, 0.25) is 0 Å². The number of hydrogen-bond acceptors (Lipinski definition) is 6. The largest absolute Gasteiger partial charge is 0.490 e. The lowest BCUT2D eigenvalue weighted by molar-refractivity contribution is 0.258. The van der Waals surface area contributed by atoms with Crippen LogP contribution in [0.5, 0.6) is 34.5 Å². The van der Waals surface area contributed by atoms with Crippen molar-refractivity contribution in [1.82, 2.24) is 0 Å². The van der Waals surface area contributed by atoms with E-state index in [4.69, 9.17) is 28.4 Å². The summed E-state index contributed by atoms with van der Waals surface area (Å²) >= 11 is 0. The summed E-state index contributed by atoms with van der Waals surface area (Å²) < 4.78 is 40.4. The summed E-state index contributed by atoms with van der Waals surface area (Å²) in [5.74, 6) is 46.8. The first kappa shape index (κ1) is 110. The lowest BCUT2D eigenvalue weighted by atomic mass is 10.0. The normalized spacial score (nSPS) is 10.8. The fourth-order valence-corrected chi connectivity index (χ4v) is 16.8. The summed E-state index contributed by atoms with van der Waals surface area (Å²) in [6, 6.07) is 49.4. The van der Waals surface area contributed by atoms with Crippen molar-refractivity contribution in [1.29, 1.82) is 0 Å². The molecule has 0 bridgehead atoms. The molecule has 6 heteroatoms. The van der Waals surface area contributed by atoms with Gasteiger partial charge in [0.15, 0.2) is 34.5 Å². The highest BCUT2D eigenvalue weighted by Gasteiger charge is 2.17. The van der Waals surface area contributed by atoms with E-state index in [1.54, 1.807) is 0 Å². The van der Waals surface area contributed by atoms with Crippen LogP contribution in [0.2, 0.25) is 0 Å². The van der Waals surface area contributed by atoms with E-state index in [-0.39, 0.29) is 0 Å². The van der Waals surface area contributed by atoms with Crippen LogP contribution in [0, 0.1) is 71.0 Å². The first-order valence-corrected chi connectivity index (χ1v) is 54.1. The maximum atomic E-state index is 6.81. The molecule has 0 N–H and O–H groups in total. The molecule has 0 saturated heterocycles. The van der Waals surface area contributed by atoms with Crippen molar-refractivity contribution in [3.05, 3.63) is 212 Å². The summed E-state index contributed by atoms with van der Waals surface area (Å²) in [4.78, 5) is 0. The Morgan fingerprint density at radius 1 is 0.136 bits per heavy atom. The summed E-state index contributed by atoms with van der Waals surface area (Å²) in [5.41, 5.74) is 10.1. The van der Waals surface area contributed by atoms with E-state index < -0.39 is 0 Å². The van der Waals surface area contributed by atoms with E-state index in [9.17, 15) is 0 Å². The maximum absolute atomic E-state index is 6.81. The standard InChI is InChI=1S/C126H174O6/c1-7-13-19-25-31-37-43-49-55-67-97-127-121-103-115(91-85-109-73-63-61-64-74-109)117(105-123(121)129-99-69-57-51-45-39-33-27-21-15-9-3)93-87-111-77-81-113(82-78-111)89-95-119-107-125(131-101-71-59-53-47-41-35-29-23-17-11-5)126(132-102-72-60-54-48-42-36-30-24-18-12-6)108-120(119)96-90-114-83-79-112(80-84-114)88-94-118-106-124(130-100-70-58-52-46-40-34-28-22-16-10-4)122(104-116(118)92-86-110-75-65-62-66-76-110)128-98-68-56-50-44-38-32-26-20-14-8-2/h61-66,73-84,103-108H,7-60,67-72,97-102H2,1-6H3.